The maximum atomic E-state index is 12.0. The fourth-order valence-electron chi connectivity index (χ4n) is 2.76. The van der Waals surface area contributed by atoms with Crippen LogP contribution in [-0.4, -0.2) is 42.3 Å². The van der Waals surface area contributed by atoms with Gasteiger partial charge in [-0.05, 0) is 12.1 Å². The fraction of sp³-hybridized carbons (Fsp3) is 0.357. The van der Waals surface area contributed by atoms with Gasteiger partial charge in [-0.1, -0.05) is 41.0 Å². The van der Waals surface area contributed by atoms with Crippen LogP contribution in [0.3, 0.4) is 0 Å². The molecule has 0 bridgehead atoms. The number of amidine groups is 1. The van der Waals surface area contributed by atoms with Crippen LogP contribution in [0.2, 0.25) is 10.0 Å². The number of halogens is 2. The Bertz CT molecular complexity index is 859. The first-order chi connectivity index (χ1) is 11.3. The Labute approximate surface area is 153 Å². The third-order valence-electron chi connectivity index (χ3n) is 3.70. The van der Waals surface area contributed by atoms with Gasteiger partial charge in [-0.15, -0.1) is 0 Å². The van der Waals surface area contributed by atoms with E-state index in [0.717, 1.165) is 0 Å². The van der Waals surface area contributed by atoms with Gasteiger partial charge in [-0.3, -0.25) is 4.79 Å². The summed E-state index contributed by atoms with van der Waals surface area (Å²) in [5.74, 6) is -0.639. The smallest absolute Gasteiger partial charge is 0.262 e. The average Bonchev–Trinajstić information content (AvgIpc) is 2.92. The molecule has 2 heterocycles. The quantitative estimate of drug-likeness (QED) is 0.753. The lowest BCUT2D eigenvalue weighted by Gasteiger charge is -2.26. The van der Waals surface area contributed by atoms with Crippen molar-refractivity contribution >= 4 is 61.6 Å². The van der Waals surface area contributed by atoms with Gasteiger partial charge in [0.15, 0.2) is 15.0 Å². The number of amides is 1. The van der Waals surface area contributed by atoms with Crippen molar-refractivity contribution in [3.8, 4) is 6.07 Å². The number of thioether (sulfide) groups is 1. The Morgan fingerprint density at radius 2 is 2.04 bits per heavy atom. The highest BCUT2D eigenvalue weighted by atomic mass is 35.5. The van der Waals surface area contributed by atoms with E-state index in [-0.39, 0.29) is 23.2 Å². The van der Waals surface area contributed by atoms with Crippen LogP contribution in [0.5, 0.6) is 0 Å². The van der Waals surface area contributed by atoms with Gasteiger partial charge in [-0.25, -0.2) is 8.42 Å². The molecule has 10 heteroatoms. The Hall–Kier alpha value is -1.27. The summed E-state index contributed by atoms with van der Waals surface area (Å²) in [7, 11) is -3.18. The standard InChI is InChI=1S/C14H11Cl2N3O3S2/c15-8-2-1-3-9(16)13(8)19-10-6-24(21,22)7-11(10)23-14(19)18-12(20)4-5-17/h1-3,10-11H,4,6-7H2/t10-,11+/m0/s1. The maximum absolute atomic E-state index is 12.0. The number of nitrogens with zero attached hydrogens (tertiary/aromatic N) is 3. The number of hydrogen-bond acceptors (Lipinski definition) is 5. The summed E-state index contributed by atoms with van der Waals surface area (Å²) < 4.78 is 23.9. The van der Waals surface area contributed by atoms with E-state index in [2.05, 4.69) is 4.99 Å². The molecule has 2 aliphatic rings. The number of nitriles is 1. The van der Waals surface area contributed by atoms with E-state index in [4.69, 9.17) is 28.5 Å². The van der Waals surface area contributed by atoms with E-state index in [9.17, 15) is 13.2 Å². The van der Waals surface area contributed by atoms with Gasteiger partial charge in [0.05, 0.1) is 39.3 Å². The molecule has 0 aliphatic carbocycles. The van der Waals surface area contributed by atoms with Gasteiger partial charge in [0, 0.05) is 5.25 Å². The van der Waals surface area contributed by atoms with Crippen LogP contribution in [0.1, 0.15) is 6.42 Å². The van der Waals surface area contributed by atoms with Gasteiger partial charge in [0.1, 0.15) is 6.42 Å². The van der Waals surface area contributed by atoms with Gasteiger partial charge in [0.2, 0.25) is 0 Å². The van der Waals surface area contributed by atoms with Crippen molar-refractivity contribution < 1.29 is 13.2 Å². The highest BCUT2D eigenvalue weighted by Gasteiger charge is 2.50. The Kier molecular flexibility index (Phi) is 4.80. The van der Waals surface area contributed by atoms with Crippen molar-refractivity contribution in [2.45, 2.75) is 17.7 Å². The van der Waals surface area contributed by atoms with Crippen LogP contribution in [0.25, 0.3) is 0 Å². The third kappa shape index (κ3) is 3.26. The first-order valence-corrected chi connectivity index (χ1v) is 10.4. The molecule has 3 rings (SSSR count). The molecule has 0 radical (unpaired) electrons. The molecule has 6 nitrogen and oxygen atoms in total. The normalized spacial score (nSPS) is 26.4. The second-order valence-electron chi connectivity index (χ2n) is 5.36. The molecule has 0 spiro atoms. The van der Waals surface area contributed by atoms with Gasteiger partial charge >= 0.3 is 0 Å². The first-order valence-electron chi connectivity index (χ1n) is 6.91. The van der Waals surface area contributed by atoms with Crippen molar-refractivity contribution in [1.82, 2.24) is 0 Å². The minimum Gasteiger partial charge on any atom is -0.313 e. The fourth-order valence-corrected chi connectivity index (χ4v) is 7.26. The molecule has 126 valence electrons. The van der Waals surface area contributed by atoms with Gasteiger partial charge in [0.25, 0.3) is 5.91 Å². The molecular formula is C14H11Cl2N3O3S2. The van der Waals surface area contributed by atoms with Crippen molar-refractivity contribution in [1.29, 1.82) is 5.26 Å². The highest BCUT2D eigenvalue weighted by Crippen LogP contribution is 2.45. The molecular weight excluding hydrogens is 393 g/mol. The molecule has 2 fully saturated rings. The van der Waals surface area contributed by atoms with Crippen molar-refractivity contribution in [3.63, 3.8) is 0 Å². The summed E-state index contributed by atoms with van der Waals surface area (Å²) in [5.41, 5.74) is 0.432. The summed E-state index contributed by atoms with van der Waals surface area (Å²) in [5, 5.41) is 9.39. The molecule has 0 unspecified atom stereocenters. The number of carbonyl (C=O) groups excluding carboxylic acids is 1. The molecule has 24 heavy (non-hydrogen) atoms. The van der Waals surface area contributed by atoms with E-state index in [1.807, 2.05) is 0 Å². The lowest BCUT2D eigenvalue weighted by atomic mass is 10.2. The highest BCUT2D eigenvalue weighted by molar-refractivity contribution is 8.16. The van der Waals surface area contributed by atoms with Crippen LogP contribution in [0, 0.1) is 11.3 Å². The SMILES string of the molecule is N#CCC(=O)N=C1S[C@@H]2CS(=O)(=O)C[C@@H]2N1c1c(Cl)cccc1Cl. The number of hydrogen-bond donors (Lipinski definition) is 0. The molecule has 2 saturated heterocycles. The van der Waals surface area contributed by atoms with Crippen molar-refractivity contribution in [2.75, 3.05) is 16.4 Å². The van der Waals surface area contributed by atoms with E-state index in [1.54, 1.807) is 29.2 Å². The number of rotatable bonds is 2. The average molecular weight is 404 g/mol. The zero-order valence-corrected chi connectivity index (χ0v) is 15.3. The largest absolute Gasteiger partial charge is 0.313 e. The topological polar surface area (TPSA) is 90.6 Å². The Morgan fingerprint density at radius 3 is 2.67 bits per heavy atom. The second kappa shape index (κ2) is 6.56. The van der Waals surface area contributed by atoms with Crippen LogP contribution < -0.4 is 4.90 Å². The van der Waals surface area contributed by atoms with Crippen LogP contribution in [0.15, 0.2) is 23.2 Å². The number of anilines is 1. The van der Waals surface area contributed by atoms with Crippen LogP contribution in [0.4, 0.5) is 5.69 Å². The summed E-state index contributed by atoms with van der Waals surface area (Å²) in [6.45, 7) is 0. The van der Waals surface area contributed by atoms with Crippen LogP contribution >= 0.6 is 35.0 Å². The third-order valence-corrected chi connectivity index (χ3v) is 7.52. The first kappa shape index (κ1) is 17.5. The predicted octanol–water partition coefficient (Wildman–Crippen LogP) is 2.51. The number of benzene rings is 1. The van der Waals surface area contributed by atoms with Crippen molar-refractivity contribution in [2.24, 2.45) is 4.99 Å². The number of aliphatic imine (C=N–C) groups is 1. The van der Waals surface area contributed by atoms with E-state index < -0.39 is 21.8 Å². The number of para-hydroxylation sites is 1. The van der Waals surface area contributed by atoms with Crippen molar-refractivity contribution in [3.05, 3.63) is 28.2 Å². The monoisotopic (exact) mass is 403 g/mol. The molecule has 0 aromatic heterocycles. The van der Waals surface area contributed by atoms with Gasteiger partial charge < -0.3 is 4.90 Å². The van der Waals surface area contributed by atoms with E-state index in [1.165, 1.54) is 11.8 Å². The zero-order valence-electron chi connectivity index (χ0n) is 12.1. The number of fused-ring (bicyclic) bond motifs is 1. The second-order valence-corrected chi connectivity index (χ2v) is 9.54. The molecule has 1 aromatic rings. The van der Waals surface area contributed by atoms with E-state index in [0.29, 0.717) is 20.9 Å². The molecule has 0 N–H and O–H groups in total. The predicted molar refractivity (Wildman–Crippen MR) is 95.4 cm³/mol. The number of sulfone groups is 1. The minimum atomic E-state index is -3.18. The zero-order chi connectivity index (χ0) is 17.5. The number of carbonyl (C=O) groups is 1. The van der Waals surface area contributed by atoms with Gasteiger partial charge in [-0.2, -0.15) is 10.3 Å². The molecule has 1 amide bonds. The molecule has 2 aliphatic heterocycles. The Balaban J connectivity index is 2.09. The molecule has 1 aromatic carbocycles. The summed E-state index contributed by atoms with van der Waals surface area (Å²) in [6.07, 6.45) is -0.345. The minimum absolute atomic E-state index is 0.00631. The lowest BCUT2D eigenvalue weighted by Crippen LogP contribution is -2.38. The summed E-state index contributed by atoms with van der Waals surface area (Å²) >= 11 is 13.7. The Morgan fingerprint density at radius 1 is 1.38 bits per heavy atom. The van der Waals surface area contributed by atoms with Crippen LogP contribution in [-0.2, 0) is 14.6 Å². The lowest BCUT2D eigenvalue weighted by molar-refractivity contribution is -0.116. The maximum Gasteiger partial charge on any atom is 0.262 e. The molecule has 2 atom stereocenters. The molecule has 0 saturated carbocycles. The van der Waals surface area contributed by atoms with E-state index >= 15 is 0 Å². The summed E-state index contributed by atoms with van der Waals surface area (Å²) in [6, 6.07) is 6.31. The summed E-state index contributed by atoms with van der Waals surface area (Å²) in [4.78, 5) is 17.4.